The summed E-state index contributed by atoms with van der Waals surface area (Å²) in [5.74, 6) is 0.762. The maximum absolute atomic E-state index is 6.24. The molecule has 0 unspecified atom stereocenters. The van der Waals surface area contributed by atoms with Crippen molar-refractivity contribution >= 4 is 27.5 Å². The molecule has 106 valence electrons. The summed E-state index contributed by atoms with van der Waals surface area (Å²) in [5, 5.41) is 3.94. The normalized spacial score (nSPS) is 10.6. The van der Waals surface area contributed by atoms with Crippen molar-refractivity contribution in [2.75, 3.05) is 6.54 Å². The maximum Gasteiger partial charge on any atom is 0.142 e. The van der Waals surface area contributed by atoms with Gasteiger partial charge in [-0.1, -0.05) is 58.7 Å². The van der Waals surface area contributed by atoms with Gasteiger partial charge < -0.3 is 10.1 Å². The van der Waals surface area contributed by atoms with Crippen LogP contribution in [-0.4, -0.2) is 6.54 Å². The van der Waals surface area contributed by atoms with Gasteiger partial charge in [0, 0.05) is 16.6 Å². The topological polar surface area (TPSA) is 21.3 Å². The van der Waals surface area contributed by atoms with Crippen LogP contribution in [0.5, 0.6) is 5.75 Å². The Morgan fingerprint density at radius 1 is 1.15 bits per heavy atom. The summed E-state index contributed by atoms with van der Waals surface area (Å²) >= 11 is 9.66. The molecule has 2 aromatic rings. The standard InChI is InChI=1S/C16H17BrClNO/c1-2-19-10-13-4-3-5-15(18)16(13)20-11-12-6-8-14(17)9-7-12/h3-9,19H,2,10-11H2,1H3. The molecular formula is C16H17BrClNO. The van der Waals surface area contributed by atoms with E-state index in [1.165, 1.54) is 0 Å². The molecule has 2 rings (SSSR count). The van der Waals surface area contributed by atoms with Gasteiger partial charge in [-0.15, -0.1) is 0 Å². The average Bonchev–Trinajstić information content (AvgIpc) is 2.46. The molecule has 0 aliphatic heterocycles. The van der Waals surface area contributed by atoms with Crippen LogP contribution in [0.2, 0.25) is 5.02 Å². The van der Waals surface area contributed by atoms with E-state index in [-0.39, 0.29) is 0 Å². The van der Waals surface area contributed by atoms with Crippen molar-refractivity contribution in [1.29, 1.82) is 0 Å². The minimum atomic E-state index is 0.510. The number of hydrogen-bond donors (Lipinski definition) is 1. The fraction of sp³-hybridized carbons (Fsp3) is 0.250. The van der Waals surface area contributed by atoms with Crippen LogP contribution in [0.15, 0.2) is 46.9 Å². The maximum atomic E-state index is 6.24. The van der Waals surface area contributed by atoms with Gasteiger partial charge in [-0.2, -0.15) is 0 Å². The van der Waals surface area contributed by atoms with Crippen molar-refractivity contribution in [3.8, 4) is 5.75 Å². The van der Waals surface area contributed by atoms with E-state index in [2.05, 4.69) is 28.2 Å². The van der Waals surface area contributed by atoms with E-state index in [9.17, 15) is 0 Å². The number of para-hydroxylation sites is 1. The Balaban J connectivity index is 2.09. The molecule has 4 heteroatoms. The first-order chi connectivity index (χ1) is 9.70. The zero-order valence-corrected chi connectivity index (χ0v) is 13.7. The second-order valence-corrected chi connectivity index (χ2v) is 5.75. The Morgan fingerprint density at radius 3 is 2.60 bits per heavy atom. The minimum absolute atomic E-state index is 0.510. The van der Waals surface area contributed by atoms with E-state index in [1.54, 1.807) is 0 Å². The summed E-state index contributed by atoms with van der Waals surface area (Å²) < 4.78 is 6.97. The van der Waals surface area contributed by atoms with Crippen LogP contribution >= 0.6 is 27.5 Å². The highest BCUT2D eigenvalue weighted by Gasteiger charge is 2.08. The predicted octanol–water partition coefficient (Wildman–Crippen LogP) is 4.79. The zero-order valence-electron chi connectivity index (χ0n) is 11.3. The number of nitrogens with one attached hydrogen (secondary N) is 1. The largest absolute Gasteiger partial charge is 0.487 e. The van der Waals surface area contributed by atoms with Crippen molar-refractivity contribution in [1.82, 2.24) is 5.32 Å². The van der Waals surface area contributed by atoms with Gasteiger partial charge in [0.15, 0.2) is 0 Å². The molecule has 0 aromatic heterocycles. The Morgan fingerprint density at radius 2 is 1.90 bits per heavy atom. The molecule has 20 heavy (non-hydrogen) atoms. The van der Waals surface area contributed by atoms with E-state index in [0.29, 0.717) is 11.6 Å². The van der Waals surface area contributed by atoms with Crippen LogP contribution in [0.25, 0.3) is 0 Å². The molecule has 0 radical (unpaired) electrons. The van der Waals surface area contributed by atoms with E-state index in [1.807, 2.05) is 42.5 Å². The molecule has 0 saturated heterocycles. The Labute approximate surface area is 133 Å². The van der Waals surface area contributed by atoms with Gasteiger partial charge in [-0.25, -0.2) is 0 Å². The Hall–Kier alpha value is -1.03. The van der Waals surface area contributed by atoms with Gasteiger partial charge in [0.05, 0.1) is 5.02 Å². The lowest BCUT2D eigenvalue weighted by molar-refractivity contribution is 0.302. The molecule has 1 N–H and O–H groups in total. The molecule has 2 aromatic carbocycles. The number of rotatable bonds is 6. The third-order valence-corrected chi connectivity index (χ3v) is 3.74. The smallest absolute Gasteiger partial charge is 0.142 e. The van der Waals surface area contributed by atoms with Gasteiger partial charge in [0.1, 0.15) is 12.4 Å². The summed E-state index contributed by atoms with van der Waals surface area (Å²) in [6.45, 7) is 4.26. The molecule has 0 atom stereocenters. The van der Waals surface area contributed by atoms with Crippen LogP contribution in [0.3, 0.4) is 0 Å². The molecule has 0 saturated carbocycles. The second kappa shape index (κ2) is 7.67. The van der Waals surface area contributed by atoms with E-state index < -0.39 is 0 Å². The molecule has 2 nitrogen and oxygen atoms in total. The van der Waals surface area contributed by atoms with E-state index >= 15 is 0 Å². The van der Waals surface area contributed by atoms with Crippen molar-refractivity contribution < 1.29 is 4.74 Å². The molecule has 0 bridgehead atoms. The fourth-order valence-electron chi connectivity index (χ4n) is 1.85. The van der Waals surface area contributed by atoms with Gasteiger partial charge in [-0.05, 0) is 30.3 Å². The first-order valence-electron chi connectivity index (χ1n) is 6.56. The highest BCUT2D eigenvalue weighted by Crippen LogP contribution is 2.29. The lowest BCUT2D eigenvalue weighted by Gasteiger charge is -2.13. The summed E-state index contributed by atoms with van der Waals surface area (Å²) in [6.07, 6.45) is 0. The average molecular weight is 355 g/mol. The third-order valence-electron chi connectivity index (χ3n) is 2.91. The first kappa shape index (κ1) is 15.4. The lowest BCUT2D eigenvalue weighted by Crippen LogP contribution is -2.13. The Bertz CT molecular complexity index is 557. The summed E-state index contributed by atoms with van der Waals surface area (Å²) in [6, 6.07) is 13.9. The predicted molar refractivity (Wildman–Crippen MR) is 87.3 cm³/mol. The van der Waals surface area contributed by atoms with Crippen molar-refractivity contribution in [3.05, 3.63) is 63.1 Å². The van der Waals surface area contributed by atoms with Gasteiger partial charge >= 0.3 is 0 Å². The SMILES string of the molecule is CCNCc1cccc(Cl)c1OCc1ccc(Br)cc1. The zero-order chi connectivity index (χ0) is 14.4. The number of halogens is 2. The summed E-state index contributed by atoms with van der Waals surface area (Å²) in [5.41, 5.74) is 2.19. The second-order valence-electron chi connectivity index (χ2n) is 4.42. The van der Waals surface area contributed by atoms with Crippen LogP contribution in [0.1, 0.15) is 18.1 Å². The summed E-state index contributed by atoms with van der Waals surface area (Å²) in [7, 11) is 0. The molecule has 0 spiro atoms. The lowest BCUT2D eigenvalue weighted by atomic mass is 10.2. The van der Waals surface area contributed by atoms with Crippen LogP contribution in [0, 0.1) is 0 Å². The third kappa shape index (κ3) is 4.23. The number of ether oxygens (including phenoxy) is 1. The van der Waals surface area contributed by atoms with Crippen LogP contribution in [-0.2, 0) is 13.2 Å². The number of benzene rings is 2. The highest BCUT2D eigenvalue weighted by molar-refractivity contribution is 9.10. The monoisotopic (exact) mass is 353 g/mol. The van der Waals surface area contributed by atoms with Crippen molar-refractivity contribution in [3.63, 3.8) is 0 Å². The van der Waals surface area contributed by atoms with Gasteiger partial charge in [0.2, 0.25) is 0 Å². The van der Waals surface area contributed by atoms with Crippen molar-refractivity contribution in [2.24, 2.45) is 0 Å². The van der Waals surface area contributed by atoms with Crippen molar-refractivity contribution in [2.45, 2.75) is 20.1 Å². The van der Waals surface area contributed by atoms with E-state index in [4.69, 9.17) is 16.3 Å². The molecular weight excluding hydrogens is 338 g/mol. The fourth-order valence-corrected chi connectivity index (χ4v) is 2.36. The quantitative estimate of drug-likeness (QED) is 0.805. The molecule has 0 fully saturated rings. The molecule has 0 aliphatic carbocycles. The van der Waals surface area contributed by atoms with Gasteiger partial charge in [-0.3, -0.25) is 0 Å². The first-order valence-corrected chi connectivity index (χ1v) is 7.73. The summed E-state index contributed by atoms with van der Waals surface area (Å²) in [4.78, 5) is 0. The van der Waals surface area contributed by atoms with Crippen LogP contribution in [0.4, 0.5) is 0 Å². The minimum Gasteiger partial charge on any atom is -0.487 e. The Kier molecular flexibility index (Phi) is 5.89. The van der Waals surface area contributed by atoms with Gasteiger partial charge in [0.25, 0.3) is 0 Å². The highest BCUT2D eigenvalue weighted by atomic mass is 79.9. The molecule has 0 amide bonds. The number of hydrogen-bond acceptors (Lipinski definition) is 2. The van der Waals surface area contributed by atoms with E-state index in [0.717, 1.165) is 34.4 Å². The molecule has 0 heterocycles. The van der Waals surface area contributed by atoms with Crippen LogP contribution < -0.4 is 10.1 Å². The molecule has 0 aliphatic rings.